The predicted octanol–water partition coefficient (Wildman–Crippen LogP) is 3.56. The number of carboxylic acid groups (broad SMARTS) is 1. The topological polar surface area (TPSA) is 100.0 Å². The van der Waals surface area contributed by atoms with Gasteiger partial charge in [0, 0.05) is 30.1 Å². The van der Waals surface area contributed by atoms with Crippen LogP contribution in [0.25, 0.3) is 10.8 Å². The summed E-state index contributed by atoms with van der Waals surface area (Å²) < 4.78 is 31.8. The normalized spacial score (nSPS) is 11.9. The van der Waals surface area contributed by atoms with Gasteiger partial charge in [0.1, 0.15) is 17.5 Å². The van der Waals surface area contributed by atoms with Crippen molar-refractivity contribution in [3.8, 4) is 17.2 Å². The number of hydrogen-bond acceptors (Lipinski definition) is 5. The number of likely N-dealkylation sites (N-methyl/N-ethyl adjacent to an activating group) is 1. The summed E-state index contributed by atoms with van der Waals surface area (Å²) in [5.74, 6) is -4.04. The lowest BCUT2D eigenvalue weighted by molar-refractivity contribution is -0.141. The summed E-state index contributed by atoms with van der Waals surface area (Å²) in [7, 11) is 1.30. The van der Waals surface area contributed by atoms with Crippen molar-refractivity contribution in [2.75, 3.05) is 7.05 Å². The number of pyridine rings is 1. The van der Waals surface area contributed by atoms with Crippen LogP contribution < -0.4 is 4.74 Å². The minimum Gasteiger partial charge on any atom is -0.505 e. The van der Waals surface area contributed by atoms with E-state index in [2.05, 4.69) is 4.98 Å². The highest BCUT2D eigenvalue weighted by molar-refractivity contribution is 6.02. The Morgan fingerprint density at radius 3 is 2.41 bits per heavy atom. The third kappa shape index (κ3) is 3.93. The van der Waals surface area contributed by atoms with Crippen molar-refractivity contribution in [2.45, 2.75) is 13.0 Å². The van der Waals surface area contributed by atoms with Gasteiger partial charge in [0.15, 0.2) is 23.1 Å². The Balaban J connectivity index is 1.91. The number of aliphatic carboxylic acids is 1. The van der Waals surface area contributed by atoms with E-state index in [4.69, 9.17) is 9.84 Å². The lowest BCUT2D eigenvalue weighted by Gasteiger charge is -2.21. The number of benzene rings is 2. The van der Waals surface area contributed by atoms with Gasteiger partial charge in [-0.3, -0.25) is 4.79 Å². The monoisotopic (exact) mass is 402 g/mol. The zero-order valence-electron chi connectivity index (χ0n) is 15.4. The quantitative estimate of drug-likeness (QED) is 0.677. The summed E-state index contributed by atoms with van der Waals surface area (Å²) in [5, 5.41) is 20.2. The highest BCUT2D eigenvalue weighted by Gasteiger charge is 2.26. The van der Waals surface area contributed by atoms with E-state index >= 15 is 0 Å². The zero-order chi connectivity index (χ0) is 21.3. The summed E-state index contributed by atoms with van der Waals surface area (Å²) in [5.41, 5.74) is -0.289. The van der Waals surface area contributed by atoms with Crippen LogP contribution in [0.3, 0.4) is 0 Å². The van der Waals surface area contributed by atoms with E-state index in [1.165, 1.54) is 44.4 Å². The third-order valence-electron chi connectivity index (χ3n) is 4.42. The molecule has 0 spiro atoms. The first-order chi connectivity index (χ1) is 13.7. The molecule has 1 atom stereocenters. The fourth-order valence-corrected chi connectivity index (χ4v) is 2.59. The summed E-state index contributed by atoms with van der Waals surface area (Å²) in [6.45, 7) is 1.33. The Bertz CT molecular complexity index is 1120. The molecule has 0 bridgehead atoms. The van der Waals surface area contributed by atoms with Crippen molar-refractivity contribution in [3.63, 3.8) is 0 Å². The molecule has 2 N–H and O–H groups in total. The number of fused-ring (bicyclic) bond motifs is 1. The molecule has 1 heterocycles. The first kappa shape index (κ1) is 20.0. The Kier molecular flexibility index (Phi) is 5.31. The number of carbonyl (C=O) groups excluding carboxylic acids is 1. The maximum Gasteiger partial charge on any atom is 0.326 e. The molecule has 3 rings (SSSR count). The molecule has 1 unspecified atom stereocenters. The number of amides is 1. The van der Waals surface area contributed by atoms with Crippen LogP contribution in [0.15, 0.2) is 42.6 Å². The minimum absolute atomic E-state index is 0.0801. The molecule has 2 aromatic carbocycles. The fourth-order valence-electron chi connectivity index (χ4n) is 2.59. The van der Waals surface area contributed by atoms with Gasteiger partial charge in [-0.2, -0.15) is 0 Å². The van der Waals surface area contributed by atoms with Crippen LogP contribution in [-0.4, -0.2) is 45.1 Å². The van der Waals surface area contributed by atoms with E-state index in [0.29, 0.717) is 5.39 Å². The molecular weight excluding hydrogens is 386 g/mol. The van der Waals surface area contributed by atoms with Gasteiger partial charge in [0.2, 0.25) is 0 Å². The molecule has 0 saturated heterocycles. The van der Waals surface area contributed by atoms with Crippen molar-refractivity contribution in [1.29, 1.82) is 0 Å². The molecule has 0 aliphatic heterocycles. The van der Waals surface area contributed by atoms with Crippen LogP contribution in [-0.2, 0) is 4.79 Å². The number of rotatable bonds is 5. The first-order valence-corrected chi connectivity index (χ1v) is 8.43. The van der Waals surface area contributed by atoms with Gasteiger partial charge in [-0.05, 0) is 37.3 Å². The van der Waals surface area contributed by atoms with Crippen LogP contribution in [0.4, 0.5) is 8.78 Å². The minimum atomic E-state index is -1.19. The molecule has 0 aliphatic carbocycles. The molecule has 1 aromatic heterocycles. The number of ether oxygens (including phenoxy) is 1. The number of hydrogen-bond donors (Lipinski definition) is 2. The SMILES string of the molecule is CC(C(=O)O)N(C)C(=O)c1ncc2cc(Oc3ccc(F)c(F)c3)ccc2c1O. The van der Waals surface area contributed by atoms with Crippen LogP contribution in [0.5, 0.6) is 17.2 Å². The molecule has 29 heavy (non-hydrogen) atoms. The lowest BCUT2D eigenvalue weighted by Crippen LogP contribution is -2.40. The highest BCUT2D eigenvalue weighted by Crippen LogP contribution is 2.32. The summed E-state index contributed by atoms with van der Waals surface area (Å²) >= 11 is 0. The van der Waals surface area contributed by atoms with Crippen LogP contribution in [0.1, 0.15) is 17.4 Å². The number of carboxylic acids is 1. The van der Waals surface area contributed by atoms with Gasteiger partial charge in [0.05, 0.1) is 0 Å². The second kappa shape index (κ2) is 7.70. The Labute approximate surface area is 163 Å². The Hall–Kier alpha value is -3.75. The Morgan fingerprint density at radius 1 is 1.10 bits per heavy atom. The molecule has 1 amide bonds. The number of aromatic nitrogens is 1. The van der Waals surface area contributed by atoms with E-state index in [-0.39, 0.29) is 22.6 Å². The second-order valence-corrected chi connectivity index (χ2v) is 6.31. The number of halogens is 2. The maximum absolute atomic E-state index is 13.3. The molecule has 9 heteroatoms. The van der Waals surface area contributed by atoms with Crippen molar-refractivity contribution in [3.05, 3.63) is 59.9 Å². The largest absolute Gasteiger partial charge is 0.505 e. The van der Waals surface area contributed by atoms with Crippen molar-refractivity contribution in [2.24, 2.45) is 0 Å². The smallest absolute Gasteiger partial charge is 0.326 e. The lowest BCUT2D eigenvalue weighted by atomic mass is 10.1. The first-order valence-electron chi connectivity index (χ1n) is 8.43. The van der Waals surface area contributed by atoms with Gasteiger partial charge in [0.25, 0.3) is 5.91 Å². The second-order valence-electron chi connectivity index (χ2n) is 6.31. The van der Waals surface area contributed by atoms with E-state index < -0.39 is 35.3 Å². The van der Waals surface area contributed by atoms with E-state index in [1.54, 1.807) is 0 Å². The summed E-state index contributed by atoms with van der Waals surface area (Å²) in [6, 6.07) is 6.44. The highest BCUT2D eigenvalue weighted by atomic mass is 19.2. The fraction of sp³-hybridized carbons (Fsp3) is 0.150. The molecule has 3 aromatic rings. The van der Waals surface area contributed by atoms with Crippen LogP contribution >= 0.6 is 0 Å². The average molecular weight is 402 g/mol. The van der Waals surface area contributed by atoms with Crippen molar-refractivity contribution >= 4 is 22.6 Å². The number of aromatic hydroxyl groups is 1. The molecule has 0 saturated carbocycles. The van der Waals surface area contributed by atoms with Gasteiger partial charge in [-0.25, -0.2) is 18.6 Å². The summed E-state index contributed by atoms with van der Waals surface area (Å²) in [4.78, 5) is 28.4. The molecule has 0 fully saturated rings. The van der Waals surface area contributed by atoms with E-state index in [0.717, 1.165) is 17.0 Å². The van der Waals surface area contributed by atoms with Crippen molar-refractivity contribution in [1.82, 2.24) is 9.88 Å². The summed E-state index contributed by atoms with van der Waals surface area (Å²) in [6.07, 6.45) is 1.32. The average Bonchev–Trinajstić information content (AvgIpc) is 2.69. The van der Waals surface area contributed by atoms with E-state index in [1.807, 2.05) is 0 Å². The van der Waals surface area contributed by atoms with Crippen LogP contribution in [0, 0.1) is 11.6 Å². The standard InChI is InChI=1S/C20H16F2N2O5/c1-10(20(27)28)24(2)19(26)17-18(25)14-5-3-12(7-11(14)9-23-17)29-13-4-6-15(21)16(22)8-13/h3-10,25H,1-2H3,(H,27,28). The molecular formula is C20H16F2N2O5. The number of nitrogens with zero attached hydrogens (tertiary/aromatic N) is 2. The molecule has 0 radical (unpaired) electrons. The predicted molar refractivity (Wildman–Crippen MR) is 99.0 cm³/mol. The van der Waals surface area contributed by atoms with Gasteiger partial charge < -0.3 is 19.8 Å². The maximum atomic E-state index is 13.3. The van der Waals surface area contributed by atoms with Gasteiger partial charge in [-0.1, -0.05) is 0 Å². The molecule has 7 nitrogen and oxygen atoms in total. The molecule has 150 valence electrons. The number of carbonyl (C=O) groups is 2. The Morgan fingerprint density at radius 2 is 1.76 bits per heavy atom. The van der Waals surface area contributed by atoms with E-state index in [9.17, 15) is 23.5 Å². The van der Waals surface area contributed by atoms with Crippen LogP contribution in [0.2, 0.25) is 0 Å². The van der Waals surface area contributed by atoms with Gasteiger partial charge >= 0.3 is 5.97 Å². The van der Waals surface area contributed by atoms with Gasteiger partial charge in [-0.15, -0.1) is 0 Å². The van der Waals surface area contributed by atoms with Crippen molar-refractivity contribution < 1.29 is 33.3 Å². The third-order valence-corrected chi connectivity index (χ3v) is 4.42. The zero-order valence-corrected chi connectivity index (χ0v) is 15.4. The molecule has 0 aliphatic rings.